The van der Waals surface area contributed by atoms with Crippen LogP contribution < -0.4 is 5.73 Å². The molecule has 1 atom stereocenters. The van der Waals surface area contributed by atoms with Crippen LogP contribution in [0.15, 0.2) is 24.3 Å². The molecular weight excluding hydrogens is 210 g/mol. The Morgan fingerprint density at radius 1 is 1.35 bits per heavy atom. The fourth-order valence-corrected chi connectivity index (χ4v) is 3.01. The molecule has 1 saturated heterocycles. The van der Waals surface area contributed by atoms with Crippen LogP contribution >= 0.6 is 0 Å². The van der Waals surface area contributed by atoms with Gasteiger partial charge in [0.25, 0.3) is 0 Å². The van der Waals surface area contributed by atoms with Crippen LogP contribution in [0.3, 0.4) is 0 Å². The lowest BCUT2D eigenvalue weighted by atomic mass is 9.64. The van der Waals surface area contributed by atoms with Gasteiger partial charge in [-0.25, -0.2) is 0 Å². The van der Waals surface area contributed by atoms with E-state index in [1.54, 1.807) is 0 Å². The summed E-state index contributed by atoms with van der Waals surface area (Å²) in [4.78, 5) is 0. The summed E-state index contributed by atoms with van der Waals surface area (Å²) in [5.74, 6) is 1.09. The Kier molecular flexibility index (Phi) is 3.55. The molecule has 1 aliphatic rings. The SMILES string of the molecule is Cc1cccc(C2(C(CN)C(C)C)COC2)c1. The lowest BCUT2D eigenvalue weighted by Gasteiger charge is -2.49. The standard InChI is InChI=1S/C15H23NO/c1-11(2)14(8-16)15(9-17-10-15)13-6-4-5-12(3)7-13/h4-7,11,14H,8-10,16H2,1-3H3. The van der Waals surface area contributed by atoms with Gasteiger partial charge in [0.05, 0.1) is 13.2 Å². The molecule has 2 N–H and O–H groups in total. The van der Waals surface area contributed by atoms with Crippen molar-refractivity contribution in [2.45, 2.75) is 26.2 Å². The van der Waals surface area contributed by atoms with Gasteiger partial charge in [-0.15, -0.1) is 0 Å². The third kappa shape index (κ3) is 2.12. The van der Waals surface area contributed by atoms with E-state index >= 15 is 0 Å². The predicted octanol–water partition coefficient (Wildman–Crippen LogP) is 2.49. The highest BCUT2D eigenvalue weighted by Gasteiger charge is 2.47. The van der Waals surface area contributed by atoms with E-state index in [-0.39, 0.29) is 5.41 Å². The summed E-state index contributed by atoms with van der Waals surface area (Å²) in [7, 11) is 0. The van der Waals surface area contributed by atoms with Gasteiger partial charge < -0.3 is 10.5 Å². The van der Waals surface area contributed by atoms with Crippen molar-refractivity contribution in [3.63, 3.8) is 0 Å². The Balaban J connectivity index is 2.37. The Bertz CT molecular complexity index is 382. The van der Waals surface area contributed by atoms with Crippen molar-refractivity contribution in [1.82, 2.24) is 0 Å². The molecule has 17 heavy (non-hydrogen) atoms. The van der Waals surface area contributed by atoms with Crippen molar-refractivity contribution in [2.75, 3.05) is 19.8 Å². The van der Waals surface area contributed by atoms with Crippen molar-refractivity contribution in [1.29, 1.82) is 0 Å². The second-order valence-electron chi connectivity index (χ2n) is 5.60. The third-order valence-corrected chi connectivity index (χ3v) is 4.08. The van der Waals surface area contributed by atoms with Crippen LogP contribution in [-0.2, 0) is 10.2 Å². The molecule has 0 bridgehead atoms. The molecule has 2 heteroatoms. The number of rotatable bonds is 4. The third-order valence-electron chi connectivity index (χ3n) is 4.08. The van der Waals surface area contributed by atoms with Gasteiger partial charge in [-0.05, 0) is 30.9 Å². The van der Waals surface area contributed by atoms with E-state index in [1.165, 1.54) is 11.1 Å². The van der Waals surface area contributed by atoms with E-state index in [2.05, 4.69) is 45.0 Å². The van der Waals surface area contributed by atoms with E-state index in [0.717, 1.165) is 19.8 Å². The Morgan fingerprint density at radius 3 is 2.47 bits per heavy atom. The highest BCUT2D eigenvalue weighted by atomic mass is 16.5. The van der Waals surface area contributed by atoms with Crippen LogP contribution in [0.4, 0.5) is 0 Å². The number of nitrogens with two attached hydrogens (primary N) is 1. The predicted molar refractivity (Wildman–Crippen MR) is 71.1 cm³/mol. The van der Waals surface area contributed by atoms with Gasteiger partial charge in [-0.1, -0.05) is 43.7 Å². The molecule has 1 aromatic rings. The van der Waals surface area contributed by atoms with Crippen LogP contribution in [0.2, 0.25) is 0 Å². The molecule has 1 heterocycles. The first-order valence-electron chi connectivity index (χ1n) is 6.45. The van der Waals surface area contributed by atoms with Crippen LogP contribution in [-0.4, -0.2) is 19.8 Å². The monoisotopic (exact) mass is 233 g/mol. The molecule has 0 saturated carbocycles. The van der Waals surface area contributed by atoms with Gasteiger partial charge in [0.2, 0.25) is 0 Å². The van der Waals surface area contributed by atoms with Gasteiger partial charge in [-0.3, -0.25) is 0 Å². The molecule has 0 aromatic heterocycles. The minimum Gasteiger partial charge on any atom is -0.379 e. The summed E-state index contributed by atoms with van der Waals surface area (Å²) in [5.41, 5.74) is 8.85. The molecule has 1 unspecified atom stereocenters. The Labute approximate surface area is 104 Å². The number of hydrogen-bond acceptors (Lipinski definition) is 2. The van der Waals surface area contributed by atoms with Gasteiger partial charge in [0.15, 0.2) is 0 Å². The summed E-state index contributed by atoms with van der Waals surface area (Å²) >= 11 is 0. The normalized spacial score (nSPS) is 20.1. The zero-order valence-electron chi connectivity index (χ0n) is 11.1. The minimum atomic E-state index is 0.148. The summed E-state index contributed by atoms with van der Waals surface area (Å²) < 4.78 is 5.51. The quantitative estimate of drug-likeness (QED) is 0.867. The largest absolute Gasteiger partial charge is 0.379 e. The molecule has 0 spiro atoms. The molecule has 94 valence electrons. The summed E-state index contributed by atoms with van der Waals surface area (Å²) in [5, 5.41) is 0. The van der Waals surface area contributed by atoms with Crippen LogP contribution in [0.1, 0.15) is 25.0 Å². The zero-order chi connectivity index (χ0) is 12.5. The second kappa shape index (κ2) is 4.79. The van der Waals surface area contributed by atoms with Crippen molar-refractivity contribution < 1.29 is 4.74 Å². The van der Waals surface area contributed by atoms with Crippen LogP contribution in [0.5, 0.6) is 0 Å². The van der Waals surface area contributed by atoms with Crippen LogP contribution in [0.25, 0.3) is 0 Å². The highest BCUT2D eigenvalue weighted by molar-refractivity contribution is 5.33. The highest BCUT2D eigenvalue weighted by Crippen LogP contribution is 2.42. The average molecular weight is 233 g/mol. The Morgan fingerprint density at radius 2 is 2.06 bits per heavy atom. The van der Waals surface area contributed by atoms with E-state index in [9.17, 15) is 0 Å². The maximum atomic E-state index is 5.99. The molecule has 0 radical (unpaired) electrons. The fourth-order valence-electron chi connectivity index (χ4n) is 3.01. The van der Waals surface area contributed by atoms with Gasteiger partial charge >= 0.3 is 0 Å². The van der Waals surface area contributed by atoms with Crippen molar-refractivity contribution in [2.24, 2.45) is 17.6 Å². The molecule has 1 aliphatic heterocycles. The van der Waals surface area contributed by atoms with E-state index < -0.39 is 0 Å². The smallest absolute Gasteiger partial charge is 0.0588 e. The average Bonchev–Trinajstić information content (AvgIpc) is 2.22. The zero-order valence-corrected chi connectivity index (χ0v) is 11.1. The maximum Gasteiger partial charge on any atom is 0.0588 e. The first-order chi connectivity index (χ1) is 8.10. The first-order valence-corrected chi connectivity index (χ1v) is 6.45. The molecular formula is C15H23NO. The lowest BCUT2D eigenvalue weighted by molar-refractivity contribution is -0.0982. The molecule has 1 fully saturated rings. The van der Waals surface area contributed by atoms with E-state index in [1.807, 2.05) is 0 Å². The van der Waals surface area contributed by atoms with E-state index in [4.69, 9.17) is 10.5 Å². The lowest BCUT2D eigenvalue weighted by Crippen LogP contribution is -2.56. The van der Waals surface area contributed by atoms with Gasteiger partial charge in [-0.2, -0.15) is 0 Å². The van der Waals surface area contributed by atoms with Crippen molar-refractivity contribution in [3.05, 3.63) is 35.4 Å². The number of ether oxygens (including phenoxy) is 1. The molecule has 2 rings (SSSR count). The molecule has 1 aromatic carbocycles. The summed E-state index contributed by atoms with van der Waals surface area (Å²) in [6.07, 6.45) is 0. The topological polar surface area (TPSA) is 35.2 Å². The minimum absolute atomic E-state index is 0.148. The summed E-state index contributed by atoms with van der Waals surface area (Å²) in [6, 6.07) is 8.79. The van der Waals surface area contributed by atoms with Crippen molar-refractivity contribution >= 4 is 0 Å². The molecule has 2 nitrogen and oxygen atoms in total. The summed E-state index contributed by atoms with van der Waals surface area (Å²) in [6.45, 7) is 9.02. The Hall–Kier alpha value is -0.860. The van der Waals surface area contributed by atoms with Crippen LogP contribution in [0, 0.1) is 18.8 Å². The molecule has 0 aliphatic carbocycles. The van der Waals surface area contributed by atoms with Gasteiger partial charge in [0, 0.05) is 5.41 Å². The molecule has 0 amide bonds. The van der Waals surface area contributed by atoms with Crippen molar-refractivity contribution in [3.8, 4) is 0 Å². The first kappa shape index (κ1) is 12.6. The second-order valence-corrected chi connectivity index (χ2v) is 5.60. The van der Waals surface area contributed by atoms with E-state index in [0.29, 0.717) is 11.8 Å². The van der Waals surface area contributed by atoms with Gasteiger partial charge in [0.1, 0.15) is 0 Å². The number of hydrogen-bond donors (Lipinski definition) is 1. The number of aryl methyl sites for hydroxylation is 1. The number of benzene rings is 1. The maximum absolute atomic E-state index is 5.99. The fraction of sp³-hybridized carbons (Fsp3) is 0.600.